The van der Waals surface area contributed by atoms with Gasteiger partial charge in [0.2, 0.25) is 0 Å². The predicted octanol–water partition coefficient (Wildman–Crippen LogP) is 4.57. The molecule has 3 nitrogen and oxygen atoms in total. The van der Waals surface area contributed by atoms with E-state index in [9.17, 15) is 4.79 Å². The van der Waals surface area contributed by atoms with Gasteiger partial charge in [-0.15, -0.1) is 0 Å². The van der Waals surface area contributed by atoms with E-state index in [0.717, 1.165) is 8.04 Å². The van der Waals surface area contributed by atoms with E-state index >= 15 is 0 Å². The summed E-state index contributed by atoms with van der Waals surface area (Å²) in [4.78, 5) is 14.0. The molecule has 0 aromatic heterocycles. The van der Waals surface area contributed by atoms with Gasteiger partial charge in [0.25, 0.3) is 5.91 Å². The van der Waals surface area contributed by atoms with Gasteiger partial charge >= 0.3 is 0 Å². The molecule has 104 valence electrons. The van der Waals surface area contributed by atoms with E-state index in [1.807, 2.05) is 12.1 Å². The molecular formula is C14H11BrClIN2O. The largest absolute Gasteiger partial charge is 0.397 e. The number of benzene rings is 2. The number of carbonyl (C=O) groups excluding carboxylic acids is 1. The smallest absolute Gasteiger partial charge is 0.258 e. The first kappa shape index (κ1) is 15.6. The summed E-state index contributed by atoms with van der Waals surface area (Å²) in [5.74, 6) is -0.155. The Morgan fingerprint density at radius 2 is 2.00 bits per heavy atom. The highest BCUT2D eigenvalue weighted by Crippen LogP contribution is 2.28. The van der Waals surface area contributed by atoms with Crippen LogP contribution in [0.15, 0.2) is 40.9 Å². The highest BCUT2D eigenvalue weighted by molar-refractivity contribution is 14.1. The molecule has 2 N–H and O–H groups in total. The van der Waals surface area contributed by atoms with Crippen molar-refractivity contribution < 1.29 is 4.79 Å². The predicted molar refractivity (Wildman–Crippen MR) is 95.5 cm³/mol. The van der Waals surface area contributed by atoms with Gasteiger partial charge in [-0.2, -0.15) is 0 Å². The van der Waals surface area contributed by atoms with Gasteiger partial charge in [-0.05, 0) is 59.0 Å². The number of nitrogen functional groups attached to an aromatic ring is 1. The summed E-state index contributed by atoms with van der Waals surface area (Å²) in [7, 11) is 1.69. The lowest BCUT2D eigenvalue weighted by Gasteiger charge is -2.19. The van der Waals surface area contributed by atoms with E-state index in [1.54, 1.807) is 31.3 Å². The number of amides is 1. The van der Waals surface area contributed by atoms with Gasteiger partial charge in [0.1, 0.15) is 0 Å². The van der Waals surface area contributed by atoms with E-state index in [2.05, 4.69) is 38.5 Å². The number of hydrogen-bond acceptors (Lipinski definition) is 2. The fourth-order valence-corrected chi connectivity index (χ4v) is 2.66. The van der Waals surface area contributed by atoms with Crippen molar-refractivity contribution in [2.24, 2.45) is 0 Å². The van der Waals surface area contributed by atoms with Crippen LogP contribution in [0.4, 0.5) is 11.4 Å². The van der Waals surface area contributed by atoms with Crippen LogP contribution in [0.2, 0.25) is 5.02 Å². The van der Waals surface area contributed by atoms with Crippen LogP contribution in [-0.2, 0) is 0 Å². The fraction of sp³-hybridized carbons (Fsp3) is 0.0714. The average Bonchev–Trinajstić information content (AvgIpc) is 2.40. The lowest BCUT2D eigenvalue weighted by Crippen LogP contribution is -2.27. The second kappa shape index (κ2) is 6.32. The second-order valence-electron chi connectivity index (χ2n) is 4.20. The third kappa shape index (κ3) is 3.27. The Bertz CT molecular complexity index is 678. The number of nitrogens with two attached hydrogens (primary N) is 1. The summed E-state index contributed by atoms with van der Waals surface area (Å²) < 4.78 is 1.78. The Labute approximate surface area is 144 Å². The Morgan fingerprint density at radius 3 is 2.60 bits per heavy atom. The van der Waals surface area contributed by atoms with Gasteiger partial charge in [-0.25, -0.2) is 0 Å². The maximum absolute atomic E-state index is 12.4. The maximum atomic E-state index is 12.4. The third-order valence-electron chi connectivity index (χ3n) is 2.82. The lowest BCUT2D eigenvalue weighted by atomic mass is 10.2. The van der Waals surface area contributed by atoms with E-state index in [-0.39, 0.29) is 5.91 Å². The Morgan fingerprint density at radius 1 is 1.30 bits per heavy atom. The van der Waals surface area contributed by atoms with E-state index in [1.165, 1.54) is 4.90 Å². The molecule has 0 saturated carbocycles. The van der Waals surface area contributed by atoms with E-state index in [0.29, 0.717) is 22.0 Å². The molecule has 20 heavy (non-hydrogen) atoms. The molecule has 0 heterocycles. The van der Waals surface area contributed by atoms with Crippen LogP contribution in [0.3, 0.4) is 0 Å². The normalized spacial score (nSPS) is 10.4. The topological polar surface area (TPSA) is 46.3 Å². The molecule has 2 aromatic rings. The van der Waals surface area contributed by atoms with Crippen LogP contribution < -0.4 is 10.6 Å². The first-order chi connectivity index (χ1) is 9.40. The van der Waals surface area contributed by atoms with Gasteiger partial charge < -0.3 is 10.6 Å². The molecule has 2 rings (SSSR count). The van der Waals surface area contributed by atoms with Crippen LogP contribution in [0.1, 0.15) is 10.4 Å². The molecule has 0 radical (unpaired) electrons. The molecule has 0 fully saturated rings. The van der Waals surface area contributed by atoms with Crippen LogP contribution >= 0.6 is 50.1 Å². The summed E-state index contributed by atoms with van der Waals surface area (Å²) >= 11 is 11.5. The summed E-state index contributed by atoms with van der Waals surface area (Å²) in [5, 5.41) is 0.564. The zero-order valence-electron chi connectivity index (χ0n) is 10.5. The van der Waals surface area contributed by atoms with E-state index in [4.69, 9.17) is 17.3 Å². The second-order valence-corrected chi connectivity index (χ2v) is 6.68. The molecule has 0 bridgehead atoms. The van der Waals surface area contributed by atoms with Gasteiger partial charge in [-0.1, -0.05) is 27.5 Å². The molecule has 0 saturated heterocycles. The van der Waals surface area contributed by atoms with Gasteiger partial charge in [0.15, 0.2) is 0 Å². The Balaban J connectivity index is 2.34. The molecule has 0 spiro atoms. The van der Waals surface area contributed by atoms with Gasteiger partial charge in [-0.3, -0.25) is 4.79 Å². The molecule has 1 amide bonds. The summed E-state index contributed by atoms with van der Waals surface area (Å²) in [6.07, 6.45) is 0. The molecule has 0 aliphatic heterocycles. The lowest BCUT2D eigenvalue weighted by molar-refractivity contribution is 0.0993. The molecular weight excluding hydrogens is 454 g/mol. The SMILES string of the molecule is CN(C(=O)c1ccc(I)c(Cl)c1)c1ccc(Br)cc1N. The zero-order chi connectivity index (χ0) is 14.9. The highest BCUT2D eigenvalue weighted by atomic mass is 127. The van der Waals surface area contributed by atoms with Crippen molar-refractivity contribution >= 4 is 67.4 Å². The molecule has 0 unspecified atom stereocenters. The van der Waals surface area contributed by atoms with Crippen molar-refractivity contribution in [3.8, 4) is 0 Å². The maximum Gasteiger partial charge on any atom is 0.258 e. The molecule has 0 aliphatic rings. The van der Waals surface area contributed by atoms with Crippen molar-refractivity contribution in [1.29, 1.82) is 0 Å². The van der Waals surface area contributed by atoms with Crippen molar-refractivity contribution in [1.82, 2.24) is 0 Å². The van der Waals surface area contributed by atoms with Crippen molar-refractivity contribution in [3.63, 3.8) is 0 Å². The van der Waals surface area contributed by atoms with Crippen molar-refractivity contribution in [2.75, 3.05) is 17.7 Å². The quantitative estimate of drug-likeness (QED) is 0.522. The number of anilines is 2. The van der Waals surface area contributed by atoms with Crippen LogP contribution in [0.5, 0.6) is 0 Å². The monoisotopic (exact) mass is 464 g/mol. The standard InChI is InChI=1S/C14H11BrClIN2O/c1-19(13-5-3-9(15)7-12(13)18)14(20)8-2-4-11(17)10(16)6-8/h2-7H,18H2,1H3. The summed E-state index contributed by atoms with van der Waals surface area (Å²) in [6.45, 7) is 0. The summed E-state index contributed by atoms with van der Waals surface area (Å²) in [6, 6.07) is 10.6. The van der Waals surface area contributed by atoms with E-state index < -0.39 is 0 Å². The Hall–Kier alpha value is -0.790. The number of nitrogens with zero attached hydrogens (tertiary/aromatic N) is 1. The number of halogens is 3. The fourth-order valence-electron chi connectivity index (χ4n) is 1.76. The Kier molecular flexibility index (Phi) is 4.93. The highest BCUT2D eigenvalue weighted by Gasteiger charge is 2.16. The van der Waals surface area contributed by atoms with Crippen molar-refractivity contribution in [3.05, 3.63) is 55.0 Å². The zero-order valence-corrected chi connectivity index (χ0v) is 15.0. The first-order valence-electron chi connectivity index (χ1n) is 5.68. The van der Waals surface area contributed by atoms with Gasteiger partial charge in [0.05, 0.1) is 16.4 Å². The van der Waals surface area contributed by atoms with Gasteiger partial charge in [0, 0.05) is 20.7 Å². The average molecular weight is 466 g/mol. The number of hydrogen-bond donors (Lipinski definition) is 1. The molecule has 0 aliphatic carbocycles. The number of rotatable bonds is 2. The molecule has 2 aromatic carbocycles. The molecule has 0 atom stereocenters. The minimum absolute atomic E-state index is 0.155. The van der Waals surface area contributed by atoms with Crippen LogP contribution in [0, 0.1) is 3.57 Å². The third-order valence-corrected chi connectivity index (χ3v) is 4.89. The number of carbonyl (C=O) groups is 1. The van der Waals surface area contributed by atoms with Crippen molar-refractivity contribution in [2.45, 2.75) is 0 Å². The van der Waals surface area contributed by atoms with Crippen LogP contribution in [0.25, 0.3) is 0 Å². The van der Waals surface area contributed by atoms with Crippen LogP contribution in [-0.4, -0.2) is 13.0 Å². The first-order valence-corrected chi connectivity index (χ1v) is 7.93. The summed E-state index contributed by atoms with van der Waals surface area (Å²) in [5.41, 5.74) is 7.66. The molecule has 6 heteroatoms. The minimum atomic E-state index is -0.155. The minimum Gasteiger partial charge on any atom is -0.397 e.